The summed E-state index contributed by atoms with van der Waals surface area (Å²) in [5, 5.41) is 59.5. The number of likely N-dealkylation sites (tertiary alicyclic amines) is 4. The summed E-state index contributed by atoms with van der Waals surface area (Å²) < 4.78 is 0. The number of hydrogen-bond donors (Lipinski definition) is 24. The second-order valence-corrected chi connectivity index (χ2v) is 28.1. The van der Waals surface area contributed by atoms with Gasteiger partial charge in [0, 0.05) is 62.3 Å². The summed E-state index contributed by atoms with van der Waals surface area (Å²) in [4.78, 5) is 198. The summed E-state index contributed by atoms with van der Waals surface area (Å²) in [7, 11) is 0. The molecule has 0 radical (unpaired) electrons. The van der Waals surface area contributed by atoms with Crippen molar-refractivity contribution in [2.45, 2.75) is 226 Å². The summed E-state index contributed by atoms with van der Waals surface area (Å²) in [5.41, 5.74) is 44.3. The number of nitrogens with one attached hydrogen (secondary N) is 8. The smallest absolute Gasteiger partial charge is 0.327 e. The molecule has 0 aliphatic carbocycles. The molecule has 44 heteroatoms. The van der Waals surface area contributed by atoms with Crippen molar-refractivity contribution in [2.75, 3.05) is 75.4 Å². The van der Waals surface area contributed by atoms with Crippen molar-refractivity contribution in [1.82, 2.24) is 62.1 Å². The number of aliphatic hydroxyl groups is 2. The van der Waals surface area contributed by atoms with E-state index in [1.807, 2.05) is 0 Å². The summed E-state index contributed by atoms with van der Waals surface area (Å²) >= 11 is 15.9. The number of aliphatic imine (C=N–C) groups is 2. The third kappa shape index (κ3) is 29.9. The van der Waals surface area contributed by atoms with Gasteiger partial charge in [0.05, 0.1) is 24.3 Å². The maximum absolute atomic E-state index is 14.1. The van der Waals surface area contributed by atoms with Crippen LogP contribution in [0, 0.1) is 0 Å². The van der Waals surface area contributed by atoms with Crippen LogP contribution >= 0.6 is 50.5 Å². The van der Waals surface area contributed by atoms with E-state index in [2.05, 4.69) is 103 Å². The van der Waals surface area contributed by atoms with E-state index in [-0.39, 0.29) is 126 Å². The third-order valence-corrected chi connectivity index (χ3v) is 19.9. The number of hydrogen-bond acceptors (Lipinski definition) is 26. The van der Waals surface area contributed by atoms with E-state index in [4.69, 9.17) is 45.9 Å². The van der Waals surface area contributed by atoms with E-state index in [1.165, 1.54) is 33.4 Å². The van der Waals surface area contributed by atoms with E-state index in [9.17, 15) is 87.5 Å². The van der Waals surface area contributed by atoms with Crippen LogP contribution in [0.4, 0.5) is 0 Å². The maximum atomic E-state index is 14.1. The first-order valence-corrected chi connectivity index (χ1v) is 38.6. The molecular weight excluding hydrogens is 1490 g/mol. The highest BCUT2D eigenvalue weighted by atomic mass is 32.1. The zero-order chi connectivity index (χ0) is 81.1. The van der Waals surface area contributed by atoms with Gasteiger partial charge in [0.1, 0.15) is 72.5 Å². The number of amides is 12. The highest BCUT2D eigenvalue weighted by Crippen LogP contribution is 2.29. The van der Waals surface area contributed by atoms with Gasteiger partial charge >= 0.3 is 11.9 Å². The molecule has 12 amide bonds. The molecule has 4 heterocycles. The molecular formula is C64H114N22O18S4. The van der Waals surface area contributed by atoms with Crippen molar-refractivity contribution in [3.05, 3.63) is 0 Å². The lowest BCUT2D eigenvalue weighted by atomic mass is 10.0. The topological polar surface area (TPSA) is 662 Å². The standard InChI is InChI=1S/2C32H57N11O9S2/c2*1-17(44)24(41-25(45)18(34)15-53)28(48)39-20(7-2-3-11-33)29(49)43-14-6-10-23(43)30(50)42-13-5-9-22(42)27(47)38-19(8-4-12-37-32(35)36)26(46)40-21(16-54)31(51)52/h2*17-24,44,53-54H,2-16,33-34H2,1H3,(H,38,47)(H,39,48)(H,40,46)(H,41,45)(H,51,52)(H4,35,36,37)/t2*17-,18+,19+,20+,21+,22+,23+,24+/m11/s1. The lowest BCUT2D eigenvalue weighted by Crippen LogP contribution is -2.60. The first-order valence-electron chi connectivity index (χ1n) is 36.1. The Kier molecular flexibility index (Phi) is 42.6. The molecule has 612 valence electrons. The number of nitrogens with zero attached hydrogens (tertiary/aromatic N) is 6. The summed E-state index contributed by atoms with van der Waals surface area (Å²) in [6.07, 6.45) is 3.26. The largest absolute Gasteiger partial charge is 0.480 e. The number of carbonyl (C=O) groups excluding carboxylic acids is 12. The summed E-state index contributed by atoms with van der Waals surface area (Å²) in [5.74, 6) is -11.3. The number of rotatable bonds is 44. The van der Waals surface area contributed by atoms with E-state index < -0.39 is 180 Å². The van der Waals surface area contributed by atoms with Crippen molar-refractivity contribution >= 4 is 145 Å². The lowest BCUT2D eigenvalue weighted by Gasteiger charge is -2.34. The van der Waals surface area contributed by atoms with Crippen LogP contribution in [-0.4, -0.2) is 307 Å². The van der Waals surface area contributed by atoms with Crippen molar-refractivity contribution in [2.24, 2.45) is 55.9 Å². The Morgan fingerprint density at radius 1 is 0.398 bits per heavy atom. The van der Waals surface area contributed by atoms with Gasteiger partial charge in [0.25, 0.3) is 0 Å². The van der Waals surface area contributed by atoms with Crippen molar-refractivity contribution < 1.29 is 87.5 Å². The number of carboxylic acids is 2. The molecule has 16 atom stereocenters. The molecule has 4 fully saturated rings. The van der Waals surface area contributed by atoms with E-state index in [0.29, 0.717) is 77.3 Å². The molecule has 4 rings (SSSR count). The molecule has 4 aliphatic rings. The zero-order valence-electron chi connectivity index (χ0n) is 61.0. The van der Waals surface area contributed by atoms with Gasteiger partial charge in [-0.2, -0.15) is 50.5 Å². The number of carbonyl (C=O) groups is 14. The monoisotopic (exact) mass is 1610 g/mol. The first kappa shape index (κ1) is 94.5. The Hall–Kier alpha value is -7.72. The number of guanidine groups is 2. The summed E-state index contributed by atoms with van der Waals surface area (Å²) in [6, 6.07) is -16.1. The molecule has 0 bridgehead atoms. The van der Waals surface area contributed by atoms with E-state index >= 15 is 0 Å². The van der Waals surface area contributed by atoms with Gasteiger partial charge in [-0.05, 0) is 143 Å². The van der Waals surface area contributed by atoms with Crippen LogP contribution in [0.2, 0.25) is 0 Å². The molecule has 0 aromatic carbocycles. The van der Waals surface area contributed by atoms with Crippen molar-refractivity contribution in [3.8, 4) is 0 Å². The number of aliphatic carboxylic acids is 2. The fourth-order valence-corrected chi connectivity index (χ4v) is 13.3. The lowest BCUT2D eigenvalue weighted by molar-refractivity contribution is -0.148. The number of nitrogens with two attached hydrogens (primary N) is 8. The minimum absolute atomic E-state index is 0.00959. The van der Waals surface area contributed by atoms with Crippen LogP contribution in [0.25, 0.3) is 0 Å². The third-order valence-electron chi connectivity index (χ3n) is 18.4. The van der Waals surface area contributed by atoms with Gasteiger partial charge in [0.2, 0.25) is 70.9 Å². The quantitative estimate of drug-likeness (QED) is 0.0117. The number of thiol groups is 4. The normalized spacial score (nSPS) is 20.1. The van der Waals surface area contributed by atoms with Crippen LogP contribution in [0.3, 0.4) is 0 Å². The van der Waals surface area contributed by atoms with Gasteiger partial charge < -0.3 is 128 Å². The van der Waals surface area contributed by atoms with Crippen LogP contribution < -0.4 is 88.4 Å². The van der Waals surface area contributed by atoms with Crippen LogP contribution in [-0.2, 0) is 67.1 Å². The predicted octanol–water partition coefficient (Wildman–Crippen LogP) is -8.51. The number of aliphatic hydroxyl groups excluding tert-OH is 2. The molecule has 4 saturated heterocycles. The second-order valence-electron chi connectivity index (χ2n) is 26.7. The van der Waals surface area contributed by atoms with Crippen molar-refractivity contribution in [1.29, 1.82) is 0 Å². The number of carboxylic acid groups (broad SMARTS) is 2. The minimum atomic E-state index is -1.43. The first-order chi connectivity index (χ1) is 51.1. The Labute approximate surface area is 649 Å². The molecule has 0 spiro atoms. The Morgan fingerprint density at radius 3 is 0.991 bits per heavy atom. The van der Waals surface area contributed by atoms with Crippen molar-refractivity contribution in [3.63, 3.8) is 0 Å². The fourth-order valence-electron chi connectivity index (χ4n) is 12.5. The highest BCUT2D eigenvalue weighted by Gasteiger charge is 2.47. The Balaban J connectivity index is 0.000000560. The summed E-state index contributed by atoms with van der Waals surface area (Å²) in [6.45, 7) is 4.36. The minimum Gasteiger partial charge on any atom is -0.480 e. The van der Waals surface area contributed by atoms with Crippen LogP contribution in [0.5, 0.6) is 0 Å². The van der Waals surface area contributed by atoms with Gasteiger partial charge in [-0.25, -0.2) is 9.59 Å². The molecule has 0 aromatic rings. The molecule has 0 unspecified atom stereocenters. The molecule has 4 aliphatic heterocycles. The second kappa shape index (κ2) is 48.7. The van der Waals surface area contributed by atoms with Gasteiger partial charge in [-0.1, -0.05) is 0 Å². The Bertz CT molecular complexity index is 2910. The van der Waals surface area contributed by atoms with Gasteiger partial charge in [-0.3, -0.25) is 67.5 Å². The van der Waals surface area contributed by atoms with Crippen LogP contribution in [0.15, 0.2) is 9.98 Å². The van der Waals surface area contributed by atoms with Gasteiger partial charge in [-0.15, -0.1) is 0 Å². The maximum Gasteiger partial charge on any atom is 0.327 e. The highest BCUT2D eigenvalue weighted by molar-refractivity contribution is 7.80. The average molecular weight is 1610 g/mol. The average Bonchev–Trinajstić information content (AvgIpc) is 1.58. The van der Waals surface area contributed by atoms with Crippen LogP contribution in [0.1, 0.15) is 129 Å². The molecule has 0 aromatic heterocycles. The predicted molar refractivity (Wildman–Crippen MR) is 410 cm³/mol. The molecule has 108 heavy (non-hydrogen) atoms. The fraction of sp³-hybridized carbons (Fsp3) is 0.750. The zero-order valence-corrected chi connectivity index (χ0v) is 64.6. The molecule has 28 N–H and O–H groups in total. The number of unbranched alkanes of at least 4 members (excludes halogenated alkanes) is 2. The Morgan fingerprint density at radius 2 is 0.704 bits per heavy atom. The van der Waals surface area contributed by atoms with Gasteiger partial charge in [0.15, 0.2) is 11.9 Å². The van der Waals surface area contributed by atoms with E-state index in [0.717, 1.165) is 0 Å². The molecule has 0 saturated carbocycles. The SMILES string of the molecule is C[C@@H](O)[C@H](NC(=O)[C@@H](N)CS)C(=O)N[C@@H](CCCCN)C(=O)N1CCC[C@H]1C(=O)N1CCC[C@H]1C(=O)N[C@@H](CCCN=C(N)N)C(=O)N[C@@H](CS)C(=O)O.C[C@@H](O)[C@H](NC(=O)[C@@H](N)CS)C(=O)N[C@@H](CCCCN)C(=O)N1CCC[C@H]1C(=O)N1CCC[C@H]1C(=O)N[C@@H](CCCN=C(N)N)C(=O)N[C@@H](CS)C(=O)O. The molecule has 40 nitrogen and oxygen atoms in total. The van der Waals surface area contributed by atoms with E-state index in [1.54, 1.807) is 0 Å².